The van der Waals surface area contributed by atoms with Gasteiger partial charge in [-0.2, -0.15) is 0 Å². The Bertz CT molecular complexity index is 1130. The Labute approximate surface area is 199 Å². The molecule has 1 amide bonds. The molecule has 2 unspecified atom stereocenters. The first-order chi connectivity index (χ1) is 16.3. The molecule has 2 heterocycles. The minimum atomic E-state index is -0.768. The van der Waals surface area contributed by atoms with Crippen LogP contribution in [0.5, 0.6) is 11.5 Å². The minimum Gasteiger partial charge on any atom is -0.507 e. The summed E-state index contributed by atoms with van der Waals surface area (Å²) < 4.78 is 17.0. The standard InChI is InChI=1S/C27H31NO6/c1-5-33-19-9-6-8-18(14-19)23-22(24(29)21-13-16(2)12-17(3)26(21)32-4)25(30)27(31)28(23)15-20-10-7-11-34-20/h6,8-9,12-14,20,23,29H,5,7,10-11,15H2,1-4H3/b24-22+. The van der Waals surface area contributed by atoms with E-state index in [1.54, 1.807) is 6.07 Å². The molecule has 2 aromatic rings. The van der Waals surface area contributed by atoms with E-state index < -0.39 is 17.7 Å². The Morgan fingerprint density at radius 2 is 2.00 bits per heavy atom. The summed E-state index contributed by atoms with van der Waals surface area (Å²) in [5, 5.41) is 11.5. The van der Waals surface area contributed by atoms with Crippen LogP contribution < -0.4 is 9.47 Å². The maximum absolute atomic E-state index is 13.3. The van der Waals surface area contributed by atoms with Gasteiger partial charge in [-0.25, -0.2) is 0 Å². The van der Waals surface area contributed by atoms with Crippen molar-refractivity contribution >= 4 is 17.4 Å². The SMILES string of the molecule is CCOc1cccc(C2/C(=C(\O)c3cc(C)cc(C)c3OC)C(=O)C(=O)N2CC2CCCO2)c1. The smallest absolute Gasteiger partial charge is 0.295 e. The van der Waals surface area contributed by atoms with Gasteiger partial charge in [0.05, 0.1) is 37.0 Å². The van der Waals surface area contributed by atoms with Gasteiger partial charge in [-0.1, -0.05) is 18.2 Å². The second-order valence-corrected chi connectivity index (χ2v) is 8.75. The van der Waals surface area contributed by atoms with E-state index in [-0.39, 0.29) is 24.0 Å². The number of aliphatic hydroxyl groups is 1. The lowest BCUT2D eigenvalue weighted by Crippen LogP contribution is -2.36. The van der Waals surface area contributed by atoms with E-state index in [9.17, 15) is 14.7 Å². The van der Waals surface area contributed by atoms with E-state index >= 15 is 0 Å². The summed E-state index contributed by atoms with van der Waals surface area (Å²) in [5.74, 6) is -0.513. The molecule has 2 aliphatic rings. The van der Waals surface area contributed by atoms with Gasteiger partial charge in [-0.3, -0.25) is 9.59 Å². The number of amides is 1. The van der Waals surface area contributed by atoms with Crippen LogP contribution >= 0.6 is 0 Å². The van der Waals surface area contributed by atoms with Crippen molar-refractivity contribution < 1.29 is 28.9 Å². The van der Waals surface area contributed by atoms with Crippen LogP contribution in [0.25, 0.3) is 5.76 Å². The molecule has 0 radical (unpaired) electrons. The van der Waals surface area contributed by atoms with Crippen LogP contribution in [0.4, 0.5) is 0 Å². The topological polar surface area (TPSA) is 85.3 Å². The monoisotopic (exact) mass is 465 g/mol. The normalized spacial score (nSPS) is 21.8. The van der Waals surface area contributed by atoms with Gasteiger partial charge in [-0.05, 0) is 68.5 Å². The summed E-state index contributed by atoms with van der Waals surface area (Å²) in [6, 6.07) is 10.2. The molecule has 0 spiro atoms. The molecule has 1 N–H and O–H groups in total. The number of aliphatic hydroxyl groups excluding tert-OH is 1. The number of methoxy groups -OCH3 is 1. The fourth-order valence-electron chi connectivity index (χ4n) is 4.91. The Morgan fingerprint density at radius 1 is 1.21 bits per heavy atom. The number of Topliss-reactive ketones (excluding diaryl/α,β-unsaturated/α-hetero) is 1. The summed E-state index contributed by atoms with van der Waals surface area (Å²) in [4.78, 5) is 28.1. The highest BCUT2D eigenvalue weighted by Crippen LogP contribution is 2.42. The van der Waals surface area contributed by atoms with Gasteiger partial charge in [0.1, 0.15) is 17.3 Å². The number of rotatable bonds is 7. The lowest BCUT2D eigenvalue weighted by Gasteiger charge is -2.28. The number of likely N-dealkylation sites (tertiary alicyclic amines) is 1. The van der Waals surface area contributed by atoms with Crippen molar-refractivity contribution in [1.29, 1.82) is 0 Å². The Balaban J connectivity index is 1.90. The lowest BCUT2D eigenvalue weighted by molar-refractivity contribution is -0.140. The number of benzene rings is 2. The molecule has 0 saturated carbocycles. The van der Waals surface area contributed by atoms with E-state index in [4.69, 9.17) is 14.2 Å². The van der Waals surface area contributed by atoms with Gasteiger partial charge >= 0.3 is 0 Å². The molecule has 4 rings (SSSR count). The minimum absolute atomic E-state index is 0.0416. The maximum Gasteiger partial charge on any atom is 0.295 e. The van der Waals surface area contributed by atoms with Gasteiger partial charge < -0.3 is 24.2 Å². The molecule has 2 saturated heterocycles. The van der Waals surface area contributed by atoms with Gasteiger partial charge in [0, 0.05) is 13.2 Å². The largest absolute Gasteiger partial charge is 0.507 e. The number of hydrogen-bond acceptors (Lipinski definition) is 6. The van der Waals surface area contributed by atoms with E-state index in [2.05, 4.69) is 0 Å². The zero-order valence-corrected chi connectivity index (χ0v) is 20.1. The van der Waals surface area contributed by atoms with Crippen molar-refractivity contribution in [2.24, 2.45) is 0 Å². The first-order valence-corrected chi connectivity index (χ1v) is 11.6. The molecule has 7 nitrogen and oxygen atoms in total. The highest BCUT2D eigenvalue weighted by atomic mass is 16.5. The summed E-state index contributed by atoms with van der Waals surface area (Å²) >= 11 is 0. The molecule has 34 heavy (non-hydrogen) atoms. The van der Waals surface area contributed by atoms with Crippen LogP contribution in [0, 0.1) is 13.8 Å². The summed E-state index contributed by atoms with van der Waals surface area (Å²) in [6.07, 6.45) is 1.59. The van der Waals surface area contributed by atoms with Crippen molar-refractivity contribution in [2.75, 3.05) is 26.9 Å². The summed E-state index contributed by atoms with van der Waals surface area (Å²) in [5.41, 5.74) is 2.85. The first kappa shape index (κ1) is 23.8. The molecule has 180 valence electrons. The number of ether oxygens (including phenoxy) is 3. The molecular formula is C27H31NO6. The molecule has 0 aromatic heterocycles. The van der Waals surface area contributed by atoms with Crippen LogP contribution in [0.1, 0.15) is 48.1 Å². The third kappa shape index (κ3) is 4.40. The van der Waals surface area contributed by atoms with E-state index in [1.165, 1.54) is 12.0 Å². The second-order valence-electron chi connectivity index (χ2n) is 8.75. The van der Waals surface area contributed by atoms with Gasteiger partial charge in [-0.15, -0.1) is 0 Å². The van der Waals surface area contributed by atoms with E-state index in [0.717, 1.165) is 24.0 Å². The van der Waals surface area contributed by atoms with Crippen LogP contribution in [-0.2, 0) is 14.3 Å². The van der Waals surface area contributed by atoms with Crippen LogP contribution in [-0.4, -0.2) is 54.7 Å². The lowest BCUT2D eigenvalue weighted by atomic mass is 9.93. The van der Waals surface area contributed by atoms with Gasteiger partial charge in [0.25, 0.3) is 11.7 Å². The van der Waals surface area contributed by atoms with E-state index in [0.29, 0.717) is 35.8 Å². The highest BCUT2D eigenvalue weighted by Gasteiger charge is 2.47. The number of carbonyl (C=O) groups is 2. The molecule has 0 aliphatic carbocycles. The Morgan fingerprint density at radius 3 is 2.68 bits per heavy atom. The highest BCUT2D eigenvalue weighted by molar-refractivity contribution is 6.46. The quantitative estimate of drug-likeness (QED) is 0.373. The number of ketones is 1. The number of hydrogen-bond donors (Lipinski definition) is 1. The van der Waals surface area contributed by atoms with E-state index in [1.807, 2.05) is 51.1 Å². The second kappa shape index (κ2) is 9.89. The predicted molar refractivity (Wildman–Crippen MR) is 128 cm³/mol. The third-order valence-corrected chi connectivity index (χ3v) is 6.33. The molecule has 2 aromatic carbocycles. The average molecular weight is 466 g/mol. The third-order valence-electron chi connectivity index (χ3n) is 6.33. The summed E-state index contributed by atoms with van der Waals surface area (Å²) in [7, 11) is 1.52. The number of aryl methyl sites for hydroxylation is 2. The molecular weight excluding hydrogens is 434 g/mol. The fraction of sp³-hybridized carbons (Fsp3) is 0.407. The van der Waals surface area contributed by atoms with Crippen molar-refractivity contribution in [1.82, 2.24) is 4.90 Å². The van der Waals surface area contributed by atoms with Gasteiger partial charge in [0.2, 0.25) is 0 Å². The Kier molecular flexibility index (Phi) is 6.93. The maximum atomic E-state index is 13.3. The first-order valence-electron chi connectivity index (χ1n) is 11.6. The van der Waals surface area contributed by atoms with Crippen molar-refractivity contribution in [3.05, 3.63) is 64.2 Å². The number of carbonyl (C=O) groups excluding carboxylic acids is 2. The zero-order valence-electron chi connectivity index (χ0n) is 20.1. The zero-order chi connectivity index (χ0) is 24.4. The van der Waals surface area contributed by atoms with Crippen LogP contribution in [0.3, 0.4) is 0 Å². The number of nitrogens with zero attached hydrogens (tertiary/aromatic N) is 1. The van der Waals surface area contributed by atoms with Crippen molar-refractivity contribution in [3.8, 4) is 11.5 Å². The van der Waals surface area contributed by atoms with Crippen LogP contribution in [0.15, 0.2) is 42.0 Å². The fourth-order valence-corrected chi connectivity index (χ4v) is 4.91. The van der Waals surface area contributed by atoms with Crippen molar-refractivity contribution in [2.45, 2.75) is 45.8 Å². The molecule has 7 heteroatoms. The molecule has 2 aliphatic heterocycles. The average Bonchev–Trinajstić information content (AvgIpc) is 3.41. The predicted octanol–water partition coefficient (Wildman–Crippen LogP) is 4.31. The van der Waals surface area contributed by atoms with Gasteiger partial charge in [0.15, 0.2) is 0 Å². The molecule has 2 fully saturated rings. The van der Waals surface area contributed by atoms with Crippen LogP contribution in [0.2, 0.25) is 0 Å². The molecule has 0 bridgehead atoms. The Hall–Kier alpha value is -3.32. The van der Waals surface area contributed by atoms with Crippen molar-refractivity contribution in [3.63, 3.8) is 0 Å². The summed E-state index contributed by atoms with van der Waals surface area (Å²) in [6.45, 7) is 7.07. The molecule has 2 atom stereocenters.